The number of aromatic nitrogens is 3. The zero-order chi connectivity index (χ0) is 31.7. The van der Waals surface area contributed by atoms with Crippen molar-refractivity contribution in [3.63, 3.8) is 0 Å². The van der Waals surface area contributed by atoms with Gasteiger partial charge >= 0.3 is 11.9 Å². The minimum Gasteiger partial charge on any atom is -0.379 e. The Morgan fingerprint density at radius 2 is 1.89 bits per heavy atom. The first kappa shape index (κ1) is 30.3. The third-order valence-corrected chi connectivity index (χ3v) is 10.2. The fraction of sp³-hybridized carbons (Fsp3) is 0.379. The molecular weight excluding hydrogens is 620 g/mol. The molecule has 1 saturated heterocycles. The van der Waals surface area contributed by atoms with E-state index < -0.39 is 29.4 Å². The number of halogens is 4. The number of amides is 1. The van der Waals surface area contributed by atoms with Crippen molar-refractivity contribution in [3.05, 3.63) is 52.7 Å². The monoisotopic (exact) mass is 648 g/mol. The highest BCUT2D eigenvalue weighted by molar-refractivity contribution is 7.99. The van der Waals surface area contributed by atoms with E-state index in [2.05, 4.69) is 16.5 Å². The summed E-state index contributed by atoms with van der Waals surface area (Å²) in [5, 5.41) is 0.151. The standard InChI is InChI=1S/C29H28F4N6O3S2/c1-5-20(40)39-13(2)9-37(10-14(39)3)26-17-8-18(29(31,32)33)21(16-6-7-19(30)24-22(16)35-27(34)44-24)25-23(17)38(28(41)36-26)11-15(42-4)12-43-25/h5-8,13-15H,1,9-12H2,2-4H3,(H2,34,35)/t13-,14+,15?. The van der Waals surface area contributed by atoms with Gasteiger partial charge in [-0.05, 0) is 38.1 Å². The van der Waals surface area contributed by atoms with Gasteiger partial charge in [-0.2, -0.15) is 18.2 Å². The Morgan fingerprint density at radius 3 is 2.52 bits per heavy atom. The quantitative estimate of drug-likeness (QED) is 0.240. The largest absolute Gasteiger partial charge is 0.417 e. The number of hydrogen-bond acceptors (Lipinski definition) is 9. The molecule has 3 atom stereocenters. The Bertz CT molecular complexity index is 1880. The maximum Gasteiger partial charge on any atom is 0.417 e. The Kier molecular flexibility index (Phi) is 7.61. The van der Waals surface area contributed by atoms with Crippen molar-refractivity contribution in [1.29, 1.82) is 0 Å². The van der Waals surface area contributed by atoms with Crippen LogP contribution in [0.15, 0.2) is 40.5 Å². The summed E-state index contributed by atoms with van der Waals surface area (Å²) in [5.74, 6) is -0.560. The molecule has 2 aliphatic rings. The zero-order valence-corrected chi connectivity index (χ0v) is 25.6. The SMILES string of the molecule is C=CC(=O)N1[C@H](C)CN(c2nc(=O)n3c4c(c(-c5ccc(F)c6sc(N)nc56)c(C(F)(F)F)cc24)SCC(OC)C3)C[C@@H]1C. The predicted octanol–water partition coefficient (Wildman–Crippen LogP) is 5.15. The minimum absolute atomic E-state index is 0.00979. The summed E-state index contributed by atoms with van der Waals surface area (Å²) >= 11 is 1.98. The number of rotatable bonds is 4. The highest BCUT2D eigenvalue weighted by atomic mass is 32.2. The van der Waals surface area contributed by atoms with E-state index in [4.69, 9.17) is 10.5 Å². The molecule has 4 heterocycles. The number of piperazine rings is 1. The molecule has 0 radical (unpaired) electrons. The van der Waals surface area contributed by atoms with Crippen LogP contribution in [0, 0.1) is 5.82 Å². The summed E-state index contributed by atoms with van der Waals surface area (Å²) in [4.78, 5) is 38.3. The number of hydrogen-bond donors (Lipinski definition) is 1. The molecule has 6 rings (SSSR count). The van der Waals surface area contributed by atoms with Gasteiger partial charge in [0, 0.05) is 59.4 Å². The van der Waals surface area contributed by atoms with Crippen molar-refractivity contribution in [3.8, 4) is 11.1 Å². The first-order chi connectivity index (χ1) is 20.8. The minimum atomic E-state index is -4.84. The summed E-state index contributed by atoms with van der Waals surface area (Å²) in [6, 6.07) is 2.71. The van der Waals surface area contributed by atoms with Crippen LogP contribution in [0.25, 0.3) is 32.2 Å². The molecule has 2 aliphatic heterocycles. The first-order valence-corrected chi connectivity index (χ1v) is 15.5. The highest BCUT2D eigenvalue weighted by Gasteiger charge is 2.40. The lowest BCUT2D eigenvalue weighted by Crippen LogP contribution is -2.58. The average Bonchev–Trinajstić information content (AvgIpc) is 3.25. The molecular formula is C29H28F4N6O3S2. The van der Waals surface area contributed by atoms with Gasteiger partial charge in [-0.25, -0.2) is 14.2 Å². The molecule has 232 valence electrons. The van der Waals surface area contributed by atoms with Crippen molar-refractivity contribution in [1.82, 2.24) is 19.4 Å². The van der Waals surface area contributed by atoms with Gasteiger partial charge in [0.1, 0.15) is 11.6 Å². The highest BCUT2D eigenvalue weighted by Crippen LogP contribution is 2.50. The van der Waals surface area contributed by atoms with Crippen LogP contribution < -0.4 is 16.3 Å². The molecule has 2 aromatic heterocycles. The molecule has 9 nitrogen and oxygen atoms in total. The van der Waals surface area contributed by atoms with Crippen molar-refractivity contribution in [2.75, 3.05) is 36.6 Å². The van der Waals surface area contributed by atoms with Crippen LogP contribution in [0.4, 0.5) is 28.5 Å². The second-order valence-corrected chi connectivity index (χ2v) is 13.0. The molecule has 1 unspecified atom stereocenters. The molecule has 44 heavy (non-hydrogen) atoms. The lowest BCUT2D eigenvalue weighted by atomic mass is 9.95. The Labute approximate surface area is 257 Å². The van der Waals surface area contributed by atoms with E-state index >= 15 is 13.2 Å². The summed E-state index contributed by atoms with van der Waals surface area (Å²) in [6.07, 6.45) is -4.12. The van der Waals surface area contributed by atoms with Crippen LogP contribution in [0.5, 0.6) is 0 Å². The Balaban J connectivity index is 1.69. The third kappa shape index (κ3) is 4.90. The number of carbonyl (C=O) groups excluding carboxylic acids is 1. The summed E-state index contributed by atoms with van der Waals surface area (Å²) in [5.41, 5.74) is 4.39. The van der Waals surface area contributed by atoms with Crippen molar-refractivity contribution in [2.45, 2.75) is 49.7 Å². The number of nitrogens with two attached hydrogens (primary N) is 1. The molecule has 0 bridgehead atoms. The van der Waals surface area contributed by atoms with Gasteiger partial charge in [0.25, 0.3) is 0 Å². The fourth-order valence-electron chi connectivity index (χ4n) is 6.24. The average molecular weight is 649 g/mol. The number of benzene rings is 2. The summed E-state index contributed by atoms with van der Waals surface area (Å²) < 4.78 is 67.0. The van der Waals surface area contributed by atoms with Gasteiger partial charge in [0.15, 0.2) is 5.13 Å². The topological polar surface area (TPSA) is 107 Å². The second-order valence-electron chi connectivity index (χ2n) is 10.9. The van der Waals surface area contributed by atoms with Crippen LogP contribution in [0.2, 0.25) is 0 Å². The molecule has 4 aromatic rings. The number of nitrogen functional groups attached to an aromatic ring is 1. The van der Waals surface area contributed by atoms with E-state index in [1.165, 1.54) is 23.8 Å². The number of anilines is 2. The Hall–Kier alpha value is -3.69. The van der Waals surface area contributed by atoms with E-state index in [0.29, 0.717) is 0 Å². The van der Waals surface area contributed by atoms with Crippen LogP contribution in [-0.4, -0.2) is 69.5 Å². The molecule has 0 aliphatic carbocycles. The maximum absolute atomic E-state index is 15.1. The summed E-state index contributed by atoms with van der Waals surface area (Å²) in [6.45, 7) is 7.76. The number of alkyl halides is 3. The van der Waals surface area contributed by atoms with Gasteiger partial charge in [-0.3, -0.25) is 9.36 Å². The smallest absolute Gasteiger partial charge is 0.379 e. The number of fused-ring (bicyclic) bond motifs is 1. The number of methoxy groups -OCH3 is 1. The second kappa shape index (κ2) is 11.0. The number of thioether (sulfide) groups is 1. The molecule has 15 heteroatoms. The zero-order valence-electron chi connectivity index (χ0n) is 23.9. The Morgan fingerprint density at radius 1 is 1.18 bits per heavy atom. The molecule has 0 saturated carbocycles. The van der Waals surface area contributed by atoms with Gasteiger partial charge in [0.05, 0.1) is 33.9 Å². The predicted molar refractivity (Wildman–Crippen MR) is 164 cm³/mol. The third-order valence-electron chi connectivity index (χ3n) is 8.07. The van der Waals surface area contributed by atoms with E-state index in [-0.39, 0.29) is 91.5 Å². The van der Waals surface area contributed by atoms with E-state index in [1.54, 1.807) is 9.80 Å². The number of ether oxygens (including phenoxy) is 1. The lowest BCUT2D eigenvalue weighted by molar-refractivity contribution is -0.137. The molecule has 1 fully saturated rings. The van der Waals surface area contributed by atoms with Crippen LogP contribution >= 0.6 is 23.1 Å². The number of nitrogens with zero attached hydrogens (tertiary/aromatic N) is 5. The number of carbonyl (C=O) groups is 1. The molecule has 1 amide bonds. The first-order valence-electron chi connectivity index (χ1n) is 13.7. The van der Waals surface area contributed by atoms with Crippen molar-refractivity contribution in [2.24, 2.45) is 0 Å². The molecule has 2 N–H and O–H groups in total. The van der Waals surface area contributed by atoms with E-state index in [0.717, 1.165) is 35.2 Å². The normalized spacial score (nSPS) is 20.8. The van der Waals surface area contributed by atoms with E-state index in [9.17, 15) is 14.0 Å². The maximum atomic E-state index is 15.1. The molecule has 0 spiro atoms. The van der Waals surface area contributed by atoms with Gasteiger partial charge < -0.3 is 20.3 Å². The van der Waals surface area contributed by atoms with Crippen LogP contribution in [0.1, 0.15) is 19.4 Å². The van der Waals surface area contributed by atoms with Crippen molar-refractivity contribution >= 4 is 61.1 Å². The van der Waals surface area contributed by atoms with Crippen LogP contribution in [-0.2, 0) is 22.3 Å². The number of thiazole rings is 1. The van der Waals surface area contributed by atoms with E-state index in [1.807, 2.05) is 13.8 Å². The van der Waals surface area contributed by atoms with Crippen LogP contribution in [0.3, 0.4) is 0 Å². The van der Waals surface area contributed by atoms with Gasteiger partial charge in [0.2, 0.25) is 5.91 Å². The van der Waals surface area contributed by atoms with Crippen molar-refractivity contribution < 1.29 is 27.1 Å². The fourth-order valence-corrected chi connectivity index (χ4v) is 8.32. The van der Waals surface area contributed by atoms with Gasteiger partial charge in [-0.1, -0.05) is 17.9 Å². The molecule has 2 aromatic carbocycles. The lowest BCUT2D eigenvalue weighted by Gasteiger charge is -2.44. The van der Waals surface area contributed by atoms with Gasteiger partial charge in [-0.15, -0.1) is 11.8 Å². The summed E-state index contributed by atoms with van der Waals surface area (Å²) in [7, 11) is 1.47.